The quantitative estimate of drug-likeness (QED) is 0.621. The van der Waals surface area contributed by atoms with Crippen LogP contribution in [0.2, 0.25) is 0 Å². The number of nitrogens with one attached hydrogen (secondary N) is 1. The number of thioether (sulfide) groups is 1. The smallest absolute Gasteiger partial charge is 0.234 e. The van der Waals surface area contributed by atoms with Crippen molar-refractivity contribution in [3.63, 3.8) is 0 Å². The Hall–Kier alpha value is -2.67. The third-order valence-corrected chi connectivity index (χ3v) is 5.41. The number of hydrogen-bond acceptors (Lipinski definition) is 5. The fourth-order valence-corrected chi connectivity index (χ4v) is 3.36. The van der Waals surface area contributed by atoms with Gasteiger partial charge in [-0.3, -0.25) is 4.79 Å². The number of aromatic nitrogens is 4. The maximum Gasteiger partial charge on any atom is 0.234 e. The van der Waals surface area contributed by atoms with Gasteiger partial charge in [-0.2, -0.15) is 4.68 Å². The lowest BCUT2D eigenvalue weighted by atomic mass is 9.99. The largest absolute Gasteiger partial charge is 0.325 e. The highest BCUT2D eigenvalue weighted by Gasteiger charge is 2.13. The summed E-state index contributed by atoms with van der Waals surface area (Å²) in [6.45, 7) is 6.37. The van der Waals surface area contributed by atoms with Crippen molar-refractivity contribution in [2.24, 2.45) is 0 Å². The second-order valence-electron chi connectivity index (χ2n) is 6.43. The van der Waals surface area contributed by atoms with Crippen LogP contribution in [-0.2, 0) is 4.79 Å². The lowest BCUT2D eigenvalue weighted by molar-refractivity contribution is -0.113. The summed E-state index contributed by atoms with van der Waals surface area (Å²) in [5.74, 6) is 0.667. The molecule has 0 aliphatic carbocycles. The second kappa shape index (κ2) is 8.81. The van der Waals surface area contributed by atoms with E-state index in [-0.39, 0.29) is 11.7 Å². The van der Waals surface area contributed by atoms with E-state index in [1.807, 2.05) is 43.3 Å². The predicted molar refractivity (Wildman–Crippen MR) is 108 cm³/mol. The summed E-state index contributed by atoms with van der Waals surface area (Å²) in [7, 11) is 0. The van der Waals surface area contributed by atoms with Gasteiger partial charge in [0.1, 0.15) is 0 Å². The first-order valence-electron chi connectivity index (χ1n) is 8.95. The van der Waals surface area contributed by atoms with Gasteiger partial charge in [0.15, 0.2) is 0 Å². The number of carbonyl (C=O) groups is 1. The molecule has 140 valence electrons. The number of anilines is 1. The molecule has 0 saturated heterocycles. The van der Waals surface area contributed by atoms with Crippen LogP contribution in [-0.4, -0.2) is 31.9 Å². The van der Waals surface area contributed by atoms with Gasteiger partial charge in [0.05, 0.1) is 11.4 Å². The lowest BCUT2D eigenvalue weighted by Gasteiger charge is -2.10. The number of hydrogen-bond donors (Lipinski definition) is 1. The number of aryl methyl sites for hydroxylation is 1. The van der Waals surface area contributed by atoms with E-state index in [1.165, 1.54) is 17.3 Å². The Kier molecular flexibility index (Phi) is 6.24. The molecule has 0 aliphatic heterocycles. The fraction of sp³-hybridized carbons (Fsp3) is 0.300. The van der Waals surface area contributed by atoms with Crippen molar-refractivity contribution in [2.75, 3.05) is 11.1 Å². The van der Waals surface area contributed by atoms with E-state index in [0.29, 0.717) is 11.1 Å². The molecule has 1 heterocycles. The number of amides is 1. The topological polar surface area (TPSA) is 72.7 Å². The standard InChI is InChI=1S/C20H23N5OS/c1-4-14(2)16-9-11-17(12-10-16)21-19(26)13-27-20-22-23-24-25(20)18-8-6-5-7-15(18)3/h5-12,14H,4,13H2,1-3H3,(H,21,26)/t14-/m1/s1. The minimum absolute atomic E-state index is 0.0874. The van der Waals surface area contributed by atoms with Crippen molar-refractivity contribution in [1.82, 2.24) is 20.2 Å². The Bertz CT molecular complexity index is 907. The molecule has 0 aliphatic rings. The number of nitrogens with zero attached hydrogens (tertiary/aromatic N) is 4. The first kappa shape index (κ1) is 19.1. The first-order chi connectivity index (χ1) is 13.1. The SMILES string of the molecule is CC[C@@H](C)c1ccc(NC(=O)CSc2nnnn2-c2ccccc2C)cc1. The van der Waals surface area contributed by atoms with E-state index < -0.39 is 0 Å². The molecule has 3 aromatic rings. The van der Waals surface area contributed by atoms with E-state index >= 15 is 0 Å². The molecule has 0 bridgehead atoms. The van der Waals surface area contributed by atoms with E-state index in [1.54, 1.807) is 4.68 Å². The lowest BCUT2D eigenvalue weighted by Crippen LogP contribution is -2.14. The molecule has 0 fully saturated rings. The van der Waals surface area contributed by atoms with Gasteiger partial charge < -0.3 is 5.32 Å². The van der Waals surface area contributed by atoms with E-state index in [4.69, 9.17) is 0 Å². The maximum absolute atomic E-state index is 12.3. The van der Waals surface area contributed by atoms with Crippen molar-refractivity contribution in [2.45, 2.75) is 38.3 Å². The average Bonchev–Trinajstić information content (AvgIpc) is 3.15. The van der Waals surface area contributed by atoms with Crippen LogP contribution in [0.15, 0.2) is 53.7 Å². The van der Waals surface area contributed by atoms with Crippen LogP contribution in [0.1, 0.15) is 37.3 Å². The summed E-state index contributed by atoms with van der Waals surface area (Å²) in [6.07, 6.45) is 1.10. The van der Waals surface area contributed by atoms with Crippen LogP contribution >= 0.6 is 11.8 Å². The van der Waals surface area contributed by atoms with Crippen molar-refractivity contribution in [3.8, 4) is 5.69 Å². The molecule has 0 unspecified atom stereocenters. The summed E-state index contributed by atoms with van der Waals surface area (Å²) in [6, 6.07) is 15.9. The highest BCUT2D eigenvalue weighted by molar-refractivity contribution is 7.99. The molecule has 6 nitrogen and oxygen atoms in total. The Morgan fingerprint density at radius 3 is 2.63 bits per heavy atom. The summed E-state index contributed by atoms with van der Waals surface area (Å²) in [4.78, 5) is 12.3. The minimum atomic E-state index is -0.0874. The average molecular weight is 382 g/mol. The molecule has 2 aromatic carbocycles. The van der Waals surface area contributed by atoms with Gasteiger partial charge in [-0.1, -0.05) is 55.9 Å². The van der Waals surface area contributed by atoms with Gasteiger partial charge in [0.25, 0.3) is 0 Å². The Balaban J connectivity index is 1.61. The molecule has 7 heteroatoms. The van der Waals surface area contributed by atoms with Crippen molar-refractivity contribution in [1.29, 1.82) is 0 Å². The van der Waals surface area contributed by atoms with Crippen LogP contribution < -0.4 is 5.32 Å². The molecule has 1 aromatic heterocycles. The van der Waals surface area contributed by atoms with Gasteiger partial charge in [-0.15, -0.1) is 5.10 Å². The van der Waals surface area contributed by atoms with E-state index in [2.05, 4.69) is 46.8 Å². The molecule has 0 saturated carbocycles. The normalized spacial score (nSPS) is 12.0. The van der Waals surface area contributed by atoms with Crippen LogP contribution in [0.4, 0.5) is 5.69 Å². The molecule has 1 atom stereocenters. The molecule has 3 rings (SSSR count). The van der Waals surface area contributed by atoms with Crippen LogP contribution in [0.5, 0.6) is 0 Å². The molecule has 27 heavy (non-hydrogen) atoms. The summed E-state index contributed by atoms with van der Waals surface area (Å²) < 4.78 is 1.66. The van der Waals surface area contributed by atoms with E-state index in [9.17, 15) is 4.79 Å². The van der Waals surface area contributed by atoms with Crippen molar-refractivity contribution >= 4 is 23.4 Å². The monoisotopic (exact) mass is 381 g/mol. The van der Waals surface area contributed by atoms with Crippen LogP contribution in [0, 0.1) is 6.92 Å². The molecule has 0 spiro atoms. The molecule has 1 N–H and O–H groups in total. The summed E-state index contributed by atoms with van der Waals surface area (Å²) in [5, 5.41) is 15.3. The highest BCUT2D eigenvalue weighted by Crippen LogP contribution is 2.22. The van der Waals surface area contributed by atoms with Crippen molar-refractivity contribution < 1.29 is 4.79 Å². The molecule has 0 radical (unpaired) electrons. The first-order valence-corrected chi connectivity index (χ1v) is 9.94. The number of rotatable bonds is 7. The van der Waals surface area contributed by atoms with Crippen LogP contribution in [0.3, 0.4) is 0 Å². The van der Waals surface area contributed by atoms with E-state index in [0.717, 1.165) is 23.4 Å². The Labute approximate surface area is 163 Å². The van der Waals surface area contributed by atoms with Gasteiger partial charge in [0, 0.05) is 5.69 Å². The van der Waals surface area contributed by atoms with Gasteiger partial charge in [-0.05, 0) is 59.0 Å². The van der Waals surface area contributed by atoms with Crippen molar-refractivity contribution in [3.05, 3.63) is 59.7 Å². The molecular weight excluding hydrogens is 358 g/mol. The third-order valence-electron chi connectivity index (χ3n) is 4.49. The Morgan fingerprint density at radius 2 is 1.93 bits per heavy atom. The Morgan fingerprint density at radius 1 is 1.19 bits per heavy atom. The summed E-state index contributed by atoms with van der Waals surface area (Å²) in [5.41, 5.74) is 4.05. The summed E-state index contributed by atoms with van der Waals surface area (Å²) >= 11 is 1.31. The fourth-order valence-electron chi connectivity index (χ4n) is 2.68. The van der Waals surface area contributed by atoms with Gasteiger partial charge in [-0.25, -0.2) is 0 Å². The number of tetrazole rings is 1. The maximum atomic E-state index is 12.3. The van der Waals surface area contributed by atoms with Crippen LogP contribution in [0.25, 0.3) is 5.69 Å². The second-order valence-corrected chi connectivity index (χ2v) is 7.37. The highest BCUT2D eigenvalue weighted by atomic mass is 32.2. The van der Waals surface area contributed by atoms with Gasteiger partial charge in [0.2, 0.25) is 11.1 Å². The number of carbonyl (C=O) groups excluding carboxylic acids is 1. The number of para-hydroxylation sites is 1. The zero-order chi connectivity index (χ0) is 19.2. The molecule has 1 amide bonds. The van der Waals surface area contributed by atoms with Gasteiger partial charge >= 0.3 is 0 Å². The third kappa shape index (κ3) is 4.74. The zero-order valence-corrected chi connectivity index (χ0v) is 16.5. The minimum Gasteiger partial charge on any atom is -0.325 e. The zero-order valence-electron chi connectivity index (χ0n) is 15.7. The predicted octanol–water partition coefficient (Wildman–Crippen LogP) is 4.22. The molecular formula is C20H23N5OS. The number of benzene rings is 2.